The Balaban J connectivity index is 2.57. The average Bonchev–Trinajstić information content (AvgIpc) is 2.66. The highest BCUT2D eigenvalue weighted by Gasteiger charge is 2.11. The first-order valence-electron chi connectivity index (χ1n) is 4.33. The van der Waals surface area contributed by atoms with Crippen molar-refractivity contribution in [1.82, 2.24) is 4.57 Å². The van der Waals surface area contributed by atoms with Gasteiger partial charge in [0.05, 0.1) is 12.0 Å². The van der Waals surface area contributed by atoms with Crippen molar-refractivity contribution in [3.05, 3.63) is 24.5 Å². The molecule has 0 amide bonds. The Kier molecular flexibility index (Phi) is 3.27. The quantitative estimate of drug-likeness (QED) is 0.707. The van der Waals surface area contributed by atoms with E-state index in [2.05, 4.69) is 6.07 Å². The maximum atomic E-state index is 11.4. The maximum Gasteiger partial charge on any atom is 0.231 e. The van der Waals surface area contributed by atoms with Gasteiger partial charge in [-0.25, -0.2) is 0 Å². The zero-order chi connectivity index (χ0) is 9.68. The van der Waals surface area contributed by atoms with E-state index in [1.165, 1.54) is 4.57 Å². The van der Waals surface area contributed by atoms with Crippen LogP contribution in [0, 0.1) is 17.2 Å². The number of hydrogen-bond donors (Lipinski definition) is 0. The van der Waals surface area contributed by atoms with Gasteiger partial charge in [0.1, 0.15) is 0 Å². The van der Waals surface area contributed by atoms with Gasteiger partial charge in [0.25, 0.3) is 0 Å². The second-order valence-electron chi connectivity index (χ2n) is 2.92. The molecule has 1 aromatic rings. The van der Waals surface area contributed by atoms with E-state index in [4.69, 9.17) is 5.26 Å². The summed E-state index contributed by atoms with van der Waals surface area (Å²) in [6, 6.07) is 5.70. The number of nitriles is 1. The lowest BCUT2D eigenvalue weighted by atomic mass is 10.0. The fourth-order valence-corrected chi connectivity index (χ4v) is 1.10. The summed E-state index contributed by atoms with van der Waals surface area (Å²) in [5, 5.41) is 8.66. The van der Waals surface area contributed by atoms with Gasteiger partial charge < -0.3 is 0 Å². The molecule has 0 spiro atoms. The fraction of sp³-hybridized carbons (Fsp3) is 0.400. The zero-order valence-corrected chi connectivity index (χ0v) is 7.60. The van der Waals surface area contributed by atoms with Crippen LogP contribution < -0.4 is 0 Å². The summed E-state index contributed by atoms with van der Waals surface area (Å²) in [5.74, 6) is -0.173. The lowest BCUT2D eigenvalue weighted by Gasteiger charge is -2.04. The predicted molar refractivity (Wildman–Crippen MR) is 49.1 cm³/mol. The number of carbonyl (C=O) groups excluding carboxylic acids is 1. The molecular weight excluding hydrogens is 164 g/mol. The third-order valence-corrected chi connectivity index (χ3v) is 1.99. The number of aromatic nitrogens is 1. The summed E-state index contributed by atoms with van der Waals surface area (Å²) >= 11 is 0. The van der Waals surface area contributed by atoms with Crippen LogP contribution in [0.4, 0.5) is 0 Å². The van der Waals surface area contributed by atoms with E-state index in [0.717, 1.165) is 6.42 Å². The van der Waals surface area contributed by atoms with Gasteiger partial charge in [0, 0.05) is 18.8 Å². The smallest absolute Gasteiger partial charge is 0.231 e. The molecule has 1 heterocycles. The largest absolute Gasteiger partial charge is 0.295 e. The highest BCUT2D eigenvalue weighted by Crippen LogP contribution is 2.08. The van der Waals surface area contributed by atoms with Crippen molar-refractivity contribution in [2.45, 2.75) is 19.8 Å². The van der Waals surface area contributed by atoms with Crippen LogP contribution in [0.3, 0.4) is 0 Å². The molecule has 0 aliphatic heterocycles. The van der Waals surface area contributed by atoms with Gasteiger partial charge in [-0.05, 0) is 18.6 Å². The highest BCUT2D eigenvalue weighted by molar-refractivity contribution is 5.79. The Bertz CT molecular complexity index is 308. The van der Waals surface area contributed by atoms with Crippen molar-refractivity contribution in [3.8, 4) is 6.07 Å². The molecule has 1 unspecified atom stereocenters. The topological polar surface area (TPSA) is 45.8 Å². The Labute approximate surface area is 77.6 Å². The Hall–Kier alpha value is -1.56. The molecule has 0 aliphatic carbocycles. The Morgan fingerprint density at radius 2 is 2.15 bits per heavy atom. The van der Waals surface area contributed by atoms with Crippen molar-refractivity contribution in [3.63, 3.8) is 0 Å². The van der Waals surface area contributed by atoms with Crippen molar-refractivity contribution in [1.29, 1.82) is 5.26 Å². The zero-order valence-electron chi connectivity index (χ0n) is 7.60. The fourth-order valence-electron chi connectivity index (χ4n) is 1.10. The molecule has 1 aromatic heterocycles. The number of rotatable bonds is 3. The minimum atomic E-state index is -0.158. The van der Waals surface area contributed by atoms with Crippen LogP contribution in [0.5, 0.6) is 0 Å². The van der Waals surface area contributed by atoms with Crippen LogP contribution in [0.1, 0.15) is 24.6 Å². The van der Waals surface area contributed by atoms with E-state index >= 15 is 0 Å². The Morgan fingerprint density at radius 3 is 2.62 bits per heavy atom. The minimum Gasteiger partial charge on any atom is -0.295 e. The number of carbonyl (C=O) groups is 1. The van der Waals surface area contributed by atoms with Gasteiger partial charge in [-0.3, -0.25) is 9.36 Å². The molecule has 3 heteroatoms. The average molecular weight is 176 g/mol. The van der Waals surface area contributed by atoms with Crippen LogP contribution in [0.15, 0.2) is 24.5 Å². The van der Waals surface area contributed by atoms with Crippen LogP contribution >= 0.6 is 0 Å². The van der Waals surface area contributed by atoms with Crippen molar-refractivity contribution < 1.29 is 4.79 Å². The standard InChI is InChI=1S/C10H12N2O/c1-2-9(8-11)7-10(13)12-5-3-4-6-12/h3-6,9H,2,7H2,1H3. The molecule has 13 heavy (non-hydrogen) atoms. The third-order valence-electron chi connectivity index (χ3n) is 1.99. The van der Waals surface area contributed by atoms with Gasteiger partial charge in [-0.2, -0.15) is 5.26 Å². The van der Waals surface area contributed by atoms with Crippen molar-refractivity contribution >= 4 is 5.91 Å². The monoisotopic (exact) mass is 176 g/mol. The molecule has 0 radical (unpaired) electrons. The molecular formula is C10H12N2O. The highest BCUT2D eigenvalue weighted by atomic mass is 16.1. The first kappa shape index (κ1) is 9.53. The summed E-state index contributed by atoms with van der Waals surface area (Å²) < 4.78 is 1.51. The molecule has 0 aliphatic rings. The van der Waals surface area contributed by atoms with E-state index in [0.29, 0.717) is 6.42 Å². The van der Waals surface area contributed by atoms with Crippen LogP contribution in [0.25, 0.3) is 0 Å². The van der Waals surface area contributed by atoms with Gasteiger partial charge in [0.15, 0.2) is 0 Å². The normalized spacial score (nSPS) is 12.0. The van der Waals surface area contributed by atoms with E-state index in [-0.39, 0.29) is 11.8 Å². The van der Waals surface area contributed by atoms with Gasteiger partial charge in [-0.1, -0.05) is 6.92 Å². The maximum absolute atomic E-state index is 11.4. The molecule has 0 saturated heterocycles. The molecule has 1 rings (SSSR count). The molecule has 0 bridgehead atoms. The second kappa shape index (κ2) is 4.46. The predicted octanol–water partition coefficient (Wildman–Crippen LogP) is 2.07. The molecule has 0 aromatic carbocycles. The van der Waals surface area contributed by atoms with Crippen molar-refractivity contribution in [2.75, 3.05) is 0 Å². The second-order valence-corrected chi connectivity index (χ2v) is 2.92. The Morgan fingerprint density at radius 1 is 1.54 bits per heavy atom. The summed E-state index contributed by atoms with van der Waals surface area (Å²) in [7, 11) is 0. The van der Waals surface area contributed by atoms with Gasteiger partial charge in [0.2, 0.25) is 5.91 Å². The van der Waals surface area contributed by atoms with E-state index in [1.807, 2.05) is 6.92 Å². The molecule has 0 N–H and O–H groups in total. The number of nitrogens with zero attached hydrogens (tertiary/aromatic N) is 2. The number of hydrogen-bond acceptors (Lipinski definition) is 2. The summed E-state index contributed by atoms with van der Waals surface area (Å²) in [6.45, 7) is 1.91. The summed E-state index contributed by atoms with van der Waals surface area (Å²) in [5.41, 5.74) is 0. The van der Waals surface area contributed by atoms with Crippen LogP contribution in [0.2, 0.25) is 0 Å². The summed E-state index contributed by atoms with van der Waals surface area (Å²) in [6.07, 6.45) is 4.43. The molecule has 68 valence electrons. The van der Waals surface area contributed by atoms with E-state index in [9.17, 15) is 4.79 Å². The minimum absolute atomic E-state index is 0.0154. The van der Waals surface area contributed by atoms with E-state index in [1.54, 1.807) is 24.5 Å². The molecule has 3 nitrogen and oxygen atoms in total. The lowest BCUT2D eigenvalue weighted by Crippen LogP contribution is -2.12. The lowest BCUT2D eigenvalue weighted by molar-refractivity contribution is 0.0889. The van der Waals surface area contributed by atoms with Crippen LogP contribution in [-0.4, -0.2) is 10.5 Å². The van der Waals surface area contributed by atoms with Crippen molar-refractivity contribution in [2.24, 2.45) is 5.92 Å². The van der Waals surface area contributed by atoms with Gasteiger partial charge >= 0.3 is 0 Å². The van der Waals surface area contributed by atoms with Gasteiger partial charge in [-0.15, -0.1) is 0 Å². The summed E-state index contributed by atoms with van der Waals surface area (Å²) in [4.78, 5) is 11.4. The first-order valence-corrected chi connectivity index (χ1v) is 4.33. The first-order chi connectivity index (χ1) is 6.27. The van der Waals surface area contributed by atoms with E-state index < -0.39 is 0 Å². The molecule has 0 fully saturated rings. The third kappa shape index (κ3) is 2.45. The molecule has 1 atom stereocenters. The van der Waals surface area contributed by atoms with Crippen LogP contribution in [-0.2, 0) is 0 Å². The SMILES string of the molecule is CCC(C#N)CC(=O)n1cccc1. The molecule has 0 saturated carbocycles.